The molecule has 0 saturated carbocycles. The van der Waals surface area contributed by atoms with Crippen molar-refractivity contribution >= 4 is 34.2 Å². The summed E-state index contributed by atoms with van der Waals surface area (Å²) in [7, 11) is 0. The molecule has 6 nitrogen and oxygen atoms in total. The SMILES string of the molecule is O=C(CCCI)Nc1cc(COO)cc(COO)c1. The molecule has 0 bridgehead atoms. The number of carbonyl (C=O) groups is 1. The zero-order chi connectivity index (χ0) is 14.1. The highest BCUT2D eigenvalue weighted by Gasteiger charge is 2.06. The highest BCUT2D eigenvalue weighted by Crippen LogP contribution is 2.17. The monoisotopic (exact) mass is 381 g/mol. The van der Waals surface area contributed by atoms with Crippen molar-refractivity contribution in [3.05, 3.63) is 29.3 Å². The van der Waals surface area contributed by atoms with Crippen LogP contribution < -0.4 is 5.32 Å². The molecule has 0 saturated heterocycles. The lowest BCUT2D eigenvalue weighted by Crippen LogP contribution is -2.12. The Balaban J connectivity index is 2.77. The average molecular weight is 381 g/mol. The predicted molar refractivity (Wildman–Crippen MR) is 78.0 cm³/mol. The second-order valence-electron chi connectivity index (χ2n) is 3.93. The van der Waals surface area contributed by atoms with Crippen LogP contribution in [0, 0.1) is 0 Å². The lowest BCUT2D eigenvalue weighted by atomic mass is 10.1. The van der Waals surface area contributed by atoms with Gasteiger partial charge in [0.25, 0.3) is 0 Å². The summed E-state index contributed by atoms with van der Waals surface area (Å²) in [6.45, 7) is -0.00816. The van der Waals surface area contributed by atoms with E-state index in [1.54, 1.807) is 18.2 Å². The normalized spacial score (nSPS) is 10.5. The molecule has 19 heavy (non-hydrogen) atoms. The predicted octanol–water partition coefficient (Wildman–Crippen LogP) is 2.82. The van der Waals surface area contributed by atoms with Crippen LogP contribution in [0.5, 0.6) is 0 Å². The smallest absolute Gasteiger partial charge is 0.224 e. The van der Waals surface area contributed by atoms with Gasteiger partial charge in [-0.3, -0.25) is 15.3 Å². The van der Waals surface area contributed by atoms with E-state index in [-0.39, 0.29) is 19.1 Å². The van der Waals surface area contributed by atoms with Gasteiger partial charge in [-0.1, -0.05) is 28.7 Å². The molecule has 1 aromatic carbocycles. The summed E-state index contributed by atoms with van der Waals surface area (Å²) < 4.78 is 0.924. The van der Waals surface area contributed by atoms with Crippen molar-refractivity contribution in [2.24, 2.45) is 0 Å². The van der Waals surface area contributed by atoms with Crippen LogP contribution in [0.3, 0.4) is 0 Å². The molecule has 0 radical (unpaired) electrons. The first-order chi connectivity index (χ1) is 9.19. The van der Waals surface area contributed by atoms with Crippen molar-refractivity contribution in [1.29, 1.82) is 0 Å². The Morgan fingerprint density at radius 2 is 1.74 bits per heavy atom. The summed E-state index contributed by atoms with van der Waals surface area (Å²) in [6.07, 6.45) is 1.27. The Morgan fingerprint density at radius 3 is 2.21 bits per heavy atom. The highest BCUT2D eigenvalue weighted by atomic mass is 127. The van der Waals surface area contributed by atoms with Crippen LogP contribution in [0.25, 0.3) is 0 Å². The van der Waals surface area contributed by atoms with Gasteiger partial charge in [0, 0.05) is 16.5 Å². The molecule has 0 fully saturated rings. The summed E-state index contributed by atoms with van der Waals surface area (Å²) in [6, 6.07) is 5.09. The number of carbonyl (C=O) groups excluding carboxylic acids is 1. The first kappa shape index (κ1) is 16.3. The van der Waals surface area contributed by atoms with Crippen LogP contribution in [0.4, 0.5) is 5.69 Å². The van der Waals surface area contributed by atoms with Crippen molar-refractivity contribution < 1.29 is 25.1 Å². The fourth-order valence-corrected chi connectivity index (χ4v) is 1.98. The number of rotatable bonds is 8. The van der Waals surface area contributed by atoms with Gasteiger partial charge in [-0.05, 0) is 29.7 Å². The number of hydrogen-bond acceptors (Lipinski definition) is 5. The standard InChI is InChI=1S/C12H16INO5/c13-3-1-2-12(15)14-11-5-9(7-18-16)4-10(6-11)8-19-17/h4-6,16-17H,1-3,7-8H2,(H,14,15). The van der Waals surface area contributed by atoms with Gasteiger partial charge in [0.15, 0.2) is 0 Å². The number of nitrogens with one attached hydrogen (secondary N) is 1. The van der Waals surface area contributed by atoms with Gasteiger partial charge in [-0.25, -0.2) is 9.78 Å². The number of anilines is 1. The molecule has 0 heterocycles. The molecule has 0 spiro atoms. The van der Waals surface area contributed by atoms with E-state index in [2.05, 4.69) is 37.7 Å². The Bertz CT molecular complexity index is 389. The minimum absolute atomic E-state index is 0.00408. The maximum Gasteiger partial charge on any atom is 0.224 e. The number of halogens is 1. The molecule has 0 unspecified atom stereocenters. The minimum Gasteiger partial charge on any atom is -0.326 e. The summed E-state index contributed by atoms with van der Waals surface area (Å²) in [5.41, 5.74) is 1.92. The van der Waals surface area contributed by atoms with Crippen LogP contribution in [-0.4, -0.2) is 20.8 Å². The summed E-state index contributed by atoms with van der Waals surface area (Å²) in [4.78, 5) is 19.8. The Morgan fingerprint density at radius 1 is 1.16 bits per heavy atom. The molecule has 1 amide bonds. The summed E-state index contributed by atoms with van der Waals surface area (Å²) in [5.74, 6) is -0.0744. The Hall–Kier alpha value is -0.740. The molecule has 0 aliphatic heterocycles. The molecule has 3 N–H and O–H groups in total. The third-order valence-electron chi connectivity index (χ3n) is 2.34. The largest absolute Gasteiger partial charge is 0.326 e. The Labute approximate surface area is 124 Å². The fourth-order valence-electron chi connectivity index (χ4n) is 1.60. The quantitative estimate of drug-likeness (QED) is 0.279. The van der Waals surface area contributed by atoms with Crippen LogP contribution in [0.2, 0.25) is 0 Å². The van der Waals surface area contributed by atoms with Crippen LogP contribution in [-0.2, 0) is 27.8 Å². The third kappa shape index (κ3) is 6.30. The molecule has 0 aliphatic rings. The highest BCUT2D eigenvalue weighted by molar-refractivity contribution is 14.1. The Kier molecular flexibility index (Phi) is 7.91. The van der Waals surface area contributed by atoms with Crippen molar-refractivity contribution in [3.63, 3.8) is 0 Å². The third-order valence-corrected chi connectivity index (χ3v) is 3.10. The molecular weight excluding hydrogens is 365 g/mol. The van der Waals surface area contributed by atoms with Gasteiger partial charge >= 0.3 is 0 Å². The maximum atomic E-state index is 11.6. The molecule has 0 aromatic heterocycles. The van der Waals surface area contributed by atoms with Gasteiger partial charge in [0.05, 0.1) is 0 Å². The van der Waals surface area contributed by atoms with Gasteiger partial charge in [0.2, 0.25) is 5.91 Å². The van der Waals surface area contributed by atoms with Crippen LogP contribution in [0.1, 0.15) is 24.0 Å². The molecule has 7 heteroatoms. The van der Waals surface area contributed by atoms with Crippen molar-refractivity contribution in [2.45, 2.75) is 26.1 Å². The van der Waals surface area contributed by atoms with E-state index in [4.69, 9.17) is 10.5 Å². The summed E-state index contributed by atoms with van der Waals surface area (Å²) >= 11 is 2.22. The van der Waals surface area contributed by atoms with Gasteiger partial charge in [-0.2, -0.15) is 0 Å². The van der Waals surface area contributed by atoms with E-state index in [9.17, 15) is 4.79 Å². The van der Waals surface area contributed by atoms with E-state index in [1.165, 1.54) is 0 Å². The summed E-state index contributed by atoms with van der Waals surface area (Å²) in [5, 5.41) is 19.7. The average Bonchev–Trinajstić information content (AvgIpc) is 2.37. The second-order valence-corrected chi connectivity index (χ2v) is 5.00. The lowest BCUT2D eigenvalue weighted by Gasteiger charge is -2.09. The van der Waals surface area contributed by atoms with Crippen molar-refractivity contribution in [1.82, 2.24) is 0 Å². The van der Waals surface area contributed by atoms with E-state index >= 15 is 0 Å². The molecular formula is C12H16INO5. The lowest BCUT2D eigenvalue weighted by molar-refractivity contribution is -0.254. The van der Waals surface area contributed by atoms with Gasteiger partial charge in [0.1, 0.15) is 13.2 Å². The molecule has 106 valence electrons. The molecule has 1 rings (SSSR count). The second kappa shape index (κ2) is 9.21. The van der Waals surface area contributed by atoms with Crippen molar-refractivity contribution in [2.75, 3.05) is 9.74 Å². The zero-order valence-electron chi connectivity index (χ0n) is 10.3. The zero-order valence-corrected chi connectivity index (χ0v) is 12.4. The van der Waals surface area contributed by atoms with Crippen LogP contribution in [0.15, 0.2) is 18.2 Å². The first-order valence-electron chi connectivity index (χ1n) is 5.71. The number of hydrogen-bond donors (Lipinski definition) is 3. The van der Waals surface area contributed by atoms with E-state index in [0.29, 0.717) is 23.2 Å². The van der Waals surface area contributed by atoms with E-state index in [0.717, 1.165) is 10.8 Å². The first-order valence-corrected chi connectivity index (χ1v) is 7.23. The van der Waals surface area contributed by atoms with E-state index in [1.807, 2.05) is 0 Å². The number of amides is 1. The number of alkyl halides is 1. The van der Waals surface area contributed by atoms with Crippen molar-refractivity contribution in [3.8, 4) is 0 Å². The van der Waals surface area contributed by atoms with Gasteiger partial charge < -0.3 is 5.32 Å². The topological polar surface area (TPSA) is 88.0 Å². The van der Waals surface area contributed by atoms with Gasteiger partial charge in [-0.15, -0.1) is 0 Å². The number of benzene rings is 1. The molecule has 1 aromatic rings. The molecule has 0 aliphatic carbocycles. The van der Waals surface area contributed by atoms with E-state index < -0.39 is 0 Å². The minimum atomic E-state index is -0.0744. The molecule has 0 atom stereocenters. The maximum absolute atomic E-state index is 11.6. The fraction of sp³-hybridized carbons (Fsp3) is 0.417. The van der Waals surface area contributed by atoms with Crippen LogP contribution >= 0.6 is 22.6 Å².